The quantitative estimate of drug-likeness (QED) is 0.323. The van der Waals surface area contributed by atoms with Crippen molar-refractivity contribution < 1.29 is 4.79 Å². The van der Waals surface area contributed by atoms with E-state index in [1.54, 1.807) is 24.2 Å². The molecule has 5 rings (SSSR count). The zero-order valence-corrected chi connectivity index (χ0v) is 21.9. The van der Waals surface area contributed by atoms with Crippen LogP contribution in [0.25, 0.3) is 17.1 Å². The first kappa shape index (κ1) is 24.6. The second-order valence-corrected chi connectivity index (χ2v) is 10.6. The molecule has 0 aliphatic carbocycles. The average molecular weight is 520 g/mol. The standard InChI is InChI=1S/C26H29N7OS2/c1-19-7-3-4-8-22(19)33-24(20-9-11-27-12-10-20)30-31-26(33)36-18-23-29-21(17-35-23)25(34)28-13-16-32-14-5-2-6-15-32/h3-4,7-12,17H,2,5-6,13-16,18H2,1H3,(H,28,34). The van der Waals surface area contributed by atoms with Crippen LogP contribution in [0, 0.1) is 6.92 Å². The maximum atomic E-state index is 12.6. The molecular weight excluding hydrogens is 490 g/mol. The number of hydrogen-bond donors (Lipinski definition) is 1. The van der Waals surface area contributed by atoms with Crippen LogP contribution in [0.5, 0.6) is 0 Å². The second kappa shape index (κ2) is 11.8. The molecule has 1 aliphatic rings. The summed E-state index contributed by atoms with van der Waals surface area (Å²) in [6.07, 6.45) is 7.33. The third kappa shape index (κ3) is 5.83. The van der Waals surface area contributed by atoms with E-state index in [0.29, 0.717) is 18.0 Å². The highest BCUT2D eigenvalue weighted by atomic mass is 32.2. The zero-order chi connectivity index (χ0) is 24.7. The van der Waals surface area contributed by atoms with Gasteiger partial charge in [-0.1, -0.05) is 36.4 Å². The lowest BCUT2D eigenvalue weighted by molar-refractivity contribution is 0.0942. The Morgan fingerprint density at radius 1 is 1.08 bits per heavy atom. The Balaban J connectivity index is 1.26. The number of benzene rings is 1. The van der Waals surface area contributed by atoms with Gasteiger partial charge in [-0.05, 0) is 56.6 Å². The summed E-state index contributed by atoms with van der Waals surface area (Å²) < 4.78 is 2.08. The van der Waals surface area contributed by atoms with Crippen LogP contribution in [0.15, 0.2) is 59.3 Å². The minimum atomic E-state index is -0.109. The molecule has 1 N–H and O–H groups in total. The van der Waals surface area contributed by atoms with Gasteiger partial charge in [-0.15, -0.1) is 21.5 Å². The molecule has 0 atom stereocenters. The number of carbonyl (C=O) groups excluding carboxylic acids is 1. The number of thioether (sulfide) groups is 1. The number of para-hydroxylation sites is 1. The fourth-order valence-corrected chi connectivity index (χ4v) is 6.03. The van der Waals surface area contributed by atoms with Gasteiger partial charge in [0, 0.05) is 36.4 Å². The van der Waals surface area contributed by atoms with Crippen molar-refractivity contribution in [3.05, 3.63) is 70.4 Å². The molecule has 1 aliphatic heterocycles. The second-order valence-electron chi connectivity index (χ2n) is 8.74. The first-order chi connectivity index (χ1) is 17.7. The molecule has 0 bridgehead atoms. The van der Waals surface area contributed by atoms with Crippen LogP contribution in [0.1, 0.15) is 40.3 Å². The van der Waals surface area contributed by atoms with Crippen molar-refractivity contribution in [2.75, 3.05) is 26.2 Å². The summed E-state index contributed by atoms with van der Waals surface area (Å²) in [6.45, 7) is 5.88. The Labute approximate surface area is 219 Å². The lowest BCUT2D eigenvalue weighted by atomic mass is 10.1. The number of rotatable bonds is 9. The average Bonchev–Trinajstić information content (AvgIpc) is 3.56. The van der Waals surface area contributed by atoms with E-state index in [-0.39, 0.29) is 5.91 Å². The van der Waals surface area contributed by atoms with Crippen molar-refractivity contribution in [3.8, 4) is 17.1 Å². The van der Waals surface area contributed by atoms with Crippen LogP contribution in [0.2, 0.25) is 0 Å². The molecule has 0 radical (unpaired) electrons. The Kier molecular flexibility index (Phi) is 8.04. The summed E-state index contributed by atoms with van der Waals surface area (Å²) in [5.74, 6) is 1.26. The van der Waals surface area contributed by atoms with Crippen molar-refractivity contribution in [1.29, 1.82) is 0 Å². The minimum Gasteiger partial charge on any atom is -0.349 e. The first-order valence-electron chi connectivity index (χ1n) is 12.2. The largest absolute Gasteiger partial charge is 0.349 e. The molecule has 1 amide bonds. The topological polar surface area (TPSA) is 88.8 Å². The van der Waals surface area contributed by atoms with E-state index in [1.807, 2.05) is 29.6 Å². The molecule has 0 unspecified atom stereocenters. The lowest BCUT2D eigenvalue weighted by Crippen LogP contribution is -2.37. The van der Waals surface area contributed by atoms with E-state index < -0.39 is 0 Å². The molecule has 4 heterocycles. The Morgan fingerprint density at radius 3 is 2.69 bits per heavy atom. The molecule has 36 heavy (non-hydrogen) atoms. The van der Waals surface area contributed by atoms with E-state index >= 15 is 0 Å². The lowest BCUT2D eigenvalue weighted by Gasteiger charge is -2.26. The first-order valence-corrected chi connectivity index (χ1v) is 14.0. The van der Waals surface area contributed by atoms with Gasteiger partial charge in [0.25, 0.3) is 5.91 Å². The summed E-state index contributed by atoms with van der Waals surface area (Å²) in [7, 11) is 0. The zero-order valence-electron chi connectivity index (χ0n) is 20.3. The number of carbonyl (C=O) groups is 1. The third-order valence-corrected chi connectivity index (χ3v) is 8.17. The van der Waals surface area contributed by atoms with Gasteiger partial charge >= 0.3 is 0 Å². The highest BCUT2D eigenvalue weighted by molar-refractivity contribution is 7.98. The molecule has 8 nitrogen and oxygen atoms in total. The SMILES string of the molecule is Cc1ccccc1-n1c(SCc2nc(C(=O)NCCN3CCCCC3)cs2)nnc1-c1ccncc1. The number of aromatic nitrogens is 5. The molecule has 4 aromatic rings. The fourth-order valence-electron chi connectivity index (χ4n) is 4.29. The van der Waals surface area contributed by atoms with Gasteiger partial charge in [0.05, 0.1) is 11.4 Å². The van der Waals surface area contributed by atoms with E-state index in [2.05, 4.69) is 54.0 Å². The predicted octanol–water partition coefficient (Wildman–Crippen LogP) is 4.60. The van der Waals surface area contributed by atoms with Crippen molar-refractivity contribution in [3.63, 3.8) is 0 Å². The number of likely N-dealkylation sites (tertiary alicyclic amines) is 1. The molecule has 3 aromatic heterocycles. The summed E-state index contributed by atoms with van der Waals surface area (Å²) in [6, 6.07) is 12.1. The van der Waals surface area contributed by atoms with Gasteiger partial charge in [-0.25, -0.2) is 4.98 Å². The smallest absolute Gasteiger partial charge is 0.270 e. The van der Waals surface area contributed by atoms with Crippen LogP contribution in [0.4, 0.5) is 0 Å². The number of aryl methyl sites for hydroxylation is 1. The number of nitrogens with zero attached hydrogens (tertiary/aromatic N) is 6. The van der Waals surface area contributed by atoms with Gasteiger partial charge in [-0.2, -0.15) is 0 Å². The molecule has 0 saturated carbocycles. The predicted molar refractivity (Wildman–Crippen MR) is 144 cm³/mol. The van der Waals surface area contributed by atoms with Gasteiger partial charge in [0.1, 0.15) is 10.7 Å². The fraction of sp³-hybridized carbons (Fsp3) is 0.346. The Hall–Kier alpha value is -3.08. The van der Waals surface area contributed by atoms with Crippen LogP contribution in [-0.4, -0.2) is 61.7 Å². The maximum absolute atomic E-state index is 12.6. The maximum Gasteiger partial charge on any atom is 0.270 e. The number of hydrogen-bond acceptors (Lipinski definition) is 8. The molecular formula is C26H29N7OS2. The van der Waals surface area contributed by atoms with Crippen LogP contribution in [-0.2, 0) is 5.75 Å². The van der Waals surface area contributed by atoms with Crippen molar-refractivity contribution in [2.45, 2.75) is 37.1 Å². The van der Waals surface area contributed by atoms with Crippen LogP contribution >= 0.6 is 23.1 Å². The molecule has 10 heteroatoms. The van der Waals surface area contributed by atoms with Gasteiger partial charge in [0.2, 0.25) is 0 Å². The number of pyridine rings is 1. The summed E-state index contributed by atoms with van der Waals surface area (Å²) in [5, 5.41) is 15.5. The van der Waals surface area contributed by atoms with Crippen molar-refractivity contribution >= 4 is 29.0 Å². The van der Waals surface area contributed by atoms with Crippen molar-refractivity contribution in [1.82, 2.24) is 34.9 Å². The summed E-state index contributed by atoms with van der Waals surface area (Å²) in [4.78, 5) is 23.7. The molecule has 0 spiro atoms. The third-order valence-electron chi connectivity index (χ3n) is 6.20. The summed E-state index contributed by atoms with van der Waals surface area (Å²) in [5.41, 5.74) is 3.59. The van der Waals surface area contributed by atoms with E-state index in [4.69, 9.17) is 0 Å². The normalized spacial score (nSPS) is 14.1. The summed E-state index contributed by atoms with van der Waals surface area (Å²) >= 11 is 3.06. The molecule has 186 valence electrons. The number of nitrogens with one attached hydrogen (secondary N) is 1. The van der Waals surface area contributed by atoms with E-state index in [1.165, 1.54) is 30.6 Å². The van der Waals surface area contributed by atoms with Crippen molar-refractivity contribution in [2.24, 2.45) is 0 Å². The van der Waals surface area contributed by atoms with Gasteiger partial charge < -0.3 is 10.2 Å². The molecule has 1 saturated heterocycles. The monoisotopic (exact) mass is 519 g/mol. The van der Waals surface area contributed by atoms with E-state index in [9.17, 15) is 4.79 Å². The number of amides is 1. The minimum absolute atomic E-state index is 0.109. The van der Waals surface area contributed by atoms with Gasteiger partial charge in [0.15, 0.2) is 11.0 Å². The van der Waals surface area contributed by atoms with Crippen LogP contribution < -0.4 is 5.32 Å². The number of thiazole rings is 1. The number of piperidine rings is 1. The van der Waals surface area contributed by atoms with Gasteiger partial charge in [-0.3, -0.25) is 14.3 Å². The Morgan fingerprint density at radius 2 is 1.89 bits per heavy atom. The van der Waals surface area contributed by atoms with E-state index in [0.717, 1.165) is 52.4 Å². The van der Waals surface area contributed by atoms with Crippen LogP contribution in [0.3, 0.4) is 0 Å². The Bertz CT molecular complexity index is 1300. The molecule has 1 aromatic carbocycles. The molecule has 1 fully saturated rings. The highest BCUT2D eigenvalue weighted by Gasteiger charge is 2.19. The highest BCUT2D eigenvalue weighted by Crippen LogP contribution is 2.31.